The summed E-state index contributed by atoms with van der Waals surface area (Å²) < 4.78 is 1.66. The van der Waals surface area contributed by atoms with E-state index in [0.29, 0.717) is 16.8 Å². The van der Waals surface area contributed by atoms with Crippen molar-refractivity contribution in [2.75, 3.05) is 10.6 Å². The van der Waals surface area contributed by atoms with Crippen molar-refractivity contribution in [2.45, 2.75) is 6.17 Å². The lowest BCUT2D eigenvalue weighted by molar-refractivity contribution is 0.649. The second kappa shape index (κ2) is 4.01. The van der Waals surface area contributed by atoms with E-state index in [4.69, 9.17) is 23.1 Å². The topological polar surface area (TPSA) is 86.0 Å². The Labute approximate surface area is 108 Å². The first-order chi connectivity index (χ1) is 8.66. The van der Waals surface area contributed by atoms with Crippen LogP contribution in [0.15, 0.2) is 30.5 Å². The molecule has 2 heterocycles. The molecular weight excluding hydrogens is 252 g/mol. The van der Waals surface area contributed by atoms with Gasteiger partial charge < -0.3 is 16.4 Å². The van der Waals surface area contributed by atoms with Crippen molar-refractivity contribution < 1.29 is 0 Å². The Balaban J connectivity index is 2.00. The summed E-state index contributed by atoms with van der Waals surface area (Å²) in [7, 11) is 0. The smallest absolute Gasteiger partial charge is 0.226 e. The van der Waals surface area contributed by atoms with Crippen LogP contribution in [0, 0.1) is 0 Å². The highest BCUT2D eigenvalue weighted by atomic mass is 35.5. The highest BCUT2D eigenvalue weighted by molar-refractivity contribution is 6.30. The Hall–Kier alpha value is -2.05. The summed E-state index contributed by atoms with van der Waals surface area (Å²) in [5.74, 6) is 0.928. The molecule has 1 aliphatic heterocycles. The molecule has 1 aromatic carbocycles. The first-order valence-electron chi connectivity index (χ1n) is 5.35. The maximum Gasteiger partial charge on any atom is 0.226 e. The molecule has 1 aromatic heterocycles. The minimum Gasteiger partial charge on any atom is -0.368 e. The number of nitrogens with two attached hydrogens (primary N) is 2. The van der Waals surface area contributed by atoms with Gasteiger partial charge in [0, 0.05) is 23.1 Å². The third-order valence-corrected chi connectivity index (χ3v) is 3.07. The Morgan fingerprint density at radius 2 is 1.83 bits per heavy atom. The molecular formula is C11H11ClN6. The van der Waals surface area contributed by atoms with Crippen molar-refractivity contribution in [2.24, 2.45) is 5.73 Å². The maximum atomic E-state index is 6.14. The molecule has 0 spiro atoms. The lowest BCUT2D eigenvalue weighted by atomic mass is 10.2. The largest absolute Gasteiger partial charge is 0.368 e. The van der Waals surface area contributed by atoms with Crippen molar-refractivity contribution in [3.8, 4) is 0 Å². The number of fused-ring (bicyclic) bond motifs is 1. The molecule has 1 aliphatic rings. The minimum atomic E-state index is -0.430. The van der Waals surface area contributed by atoms with Gasteiger partial charge >= 0.3 is 0 Å². The van der Waals surface area contributed by atoms with Crippen LogP contribution in [0.1, 0.15) is 12.0 Å². The van der Waals surface area contributed by atoms with Gasteiger partial charge in [-0.15, -0.1) is 10.2 Å². The van der Waals surface area contributed by atoms with Gasteiger partial charge in [-0.2, -0.15) is 0 Å². The fraction of sp³-hybridized carbons (Fsp3) is 0.0909. The van der Waals surface area contributed by atoms with Gasteiger partial charge in [-0.3, -0.25) is 4.57 Å². The summed E-state index contributed by atoms with van der Waals surface area (Å²) in [5, 5.41) is 8.46. The van der Waals surface area contributed by atoms with Gasteiger partial charge in [-0.05, 0) is 24.3 Å². The summed E-state index contributed by atoms with van der Waals surface area (Å²) in [5.41, 5.74) is 12.7. The first-order valence-corrected chi connectivity index (χ1v) is 5.72. The van der Waals surface area contributed by atoms with E-state index in [-0.39, 0.29) is 0 Å². The third kappa shape index (κ3) is 1.62. The van der Waals surface area contributed by atoms with Crippen LogP contribution in [0.5, 0.6) is 0 Å². The van der Waals surface area contributed by atoms with Crippen LogP contribution < -0.4 is 16.4 Å². The molecule has 0 amide bonds. The molecule has 0 saturated carbocycles. The van der Waals surface area contributed by atoms with Gasteiger partial charge in [-0.1, -0.05) is 11.6 Å². The molecule has 6 nitrogen and oxygen atoms in total. The van der Waals surface area contributed by atoms with E-state index in [0.717, 1.165) is 5.69 Å². The molecule has 18 heavy (non-hydrogen) atoms. The molecule has 4 N–H and O–H groups in total. The zero-order valence-corrected chi connectivity index (χ0v) is 10.1. The van der Waals surface area contributed by atoms with E-state index >= 15 is 0 Å². The number of nitrogen functional groups attached to an aromatic ring is 1. The van der Waals surface area contributed by atoms with Gasteiger partial charge in [0.2, 0.25) is 5.95 Å². The molecule has 0 aliphatic carbocycles. The van der Waals surface area contributed by atoms with E-state index in [2.05, 4.69) is 10.2 Å². The van der Waals surface area contributed by atoms with Crippen LogP contribution in [0.25, 0.3) is 6.20 Å². The number of hydrogen-bond donors (Lipinski definition) is 2. The summed E-state index contributed by atoms with van der Waals surface area (Å²) in [6, 6.07) is 7.40. The minimum absolute atomic E-state index is 0.326. The fourth-order valence-corrected chi connectivity index (χ4v) is 2.01. The Bertz CT molecular complexity index is 602. The number of hydrogen-bond acceptors (Lipinski definition) is 5. The quantitative estimate of drug-likeness (QED) is 0.812. The second-order valence-electron chi connectivity index (χ2n) is 3.91. The normalized spacial score (nSPS) is 17.9. The average molecular weight is 263 g/mol. The van der Waals surface area contributed by atoms with Crippen LogP contribution in [0.3, 0.4) is 0 Å². The number of nitrogens with zero attached hydrogens (tertiary/aromatic N) is 4. The number of anilines is 2. The number of halogens is 1. The van der Waals surface area contributed by atoms with Crippen LogP contribution in [-0.2, 0) is 0 Å². The van der Waals surface area contributed by atoms with E-state index in [1.165, 1.54) is 0 Å². The van der Waals surface area contributed by atoms with Crippen LogP contribution in [0.2, 0.25) is 5.02 Å². The summed E-state index contributed by atoms with van der Waals surface area (Å²) in [6.07, 6.45) is 3.18. The lowest BCUT2D eigenvalue weighted by Crippen LogP contribution is -2.34. The van der Waals surface area contributed by atoms with Crippen molar-refractivity contribution in [1.29, 1.82) is 0 Å². The van der Waals surface area contributed by atoms with Gasteiger partial charge in [0.25, 0.3) is 0 Å². The first kappa shape index (κ1) is 11.1. The summed E-state index contributed by atoms with van der Waals surface area (Å²) in [6.45, 7) is 0. The number of rotatable bonds is 1. The van der Waals surface area contributed by atoms with E-state index < -0.39 is 6.17 Å². The molecule has 7 heteroatoms. The standard InChI is InChI=1S/C11H11ClN6/c12-7-1-3-8(4-2-7)17-5-6-18-10(9(17)13)15-16-11(18)14/h1-6,9H,13H2,(H2,14,16). The molecule has 3 rings (SSSR count). The Kier molecular flexibility index (Phi) is 2.46. The van der Waals surface area contributed by atoms with E-state index in [1.807, 2.05) is 35.4 Å². The van der Waals surface area contributed by atoms with Gasteiger partial charge in [0.1, 0.15) is 6.17 Å². The highest BCUT2D eigenvalue weighted by Crippen LogP contribution is 2.28. The number of aromatic nitrogens is 3. The van der Waals surface area contributed by atoms with E-state index in [9.17, 15) is 0 Å². The van der Waals surface area contributed by atoms with Crippen LogP contribution in [0.4, 0.5) is 11.6 Å². The van der Waals surface area contributed by atoms with Crippen molar-refractivity contribution in [3.05, 3.63) is 41.3 Å². The molecule has 0 fully saturated rings. The van der Waals surface area contributed by atoms with Crippen LogP contribution in [-0.4, -0.2) is 14.8 Å². The SMILES string of the molecule is Nc1nnc2n1C=CN(c1ccc(Cl)cc1)C2N. The third-order valence-electron chi connectivity index (χ3n) is 2.81. The molecule has 0 saturated heterocycles. The lowest BCUT2D eigenvalue weighted by Gasteiger charge is -2.29. The van der Waals surface area contributed by atoms with E-state index in [1.54, 1.807) is 10.8 Å². The predicted octanol–water partition coefficient (Wildman–Crippen LogP) is 1.42. The molecule has 0 radical (unpaired) electrons. The fourth-order valence-electron chi connectivity index (χ4n) is 1.89. The molecule has 92 valence electrons. The summed E-state index contributed by atoms with van der Waals surface area (Å²) in [4.78, 5) is 1.87. The zero-order chi connectivity index (χ0) is 12.7. The maximum absolute atomic E-state index is 6.14. The number of benzene rings is 1. The average Bonchev–Trinajstić information content (AvgIpc) is 2.74. The monoisotopic (exact) mass is 262 g/mol. The van der Waals surface area contributed by atoms with Crippen LogP contribution >= 0.6 is 11.6 Å². The van der Waals surface area contributed by atoms with Gasteiger partial charge in [0.05, 0.1) is 0 Å². The molecule has 2 aromatic rings. The molecule has 1 unspecified atom stereocenters. The van der Waals surface area contributed by atoms with Gasteiger partial charge in [-0.25, -0.2) is 0 Å². The van der Waals surface area contributed by atoms with Crippen molar-refractivity contribution in [3.63, 3.8) is 0 Å². The van der Waals surface area contributed by atoms with Gasteiger partial charge in [0.15, 0.2) is 5.82 Å². The highest BCUT2D eigenvalue weighted by Gasteiger charge is 2.24. The Morgan fingerprint density at radius 1 is 1.11 bits per heavy atom. The zero-order valence-electron chi connectivity index (χ0n) is 9.36. The van der Waals surface area contributed by atoms with Crippen molar-refractivity contribution in [1.82, 2.24) is 14.8 Å². The Morgan fingerprint density at radius 3 is 2.56 bits per heavy atom. The summed E-state index contributed by atoms with van der Waals surface area (Å²) >= 11 is 5.86. The molecule has 1 atom stereocenters. The molecule has 0 bridgehead atoms. The second-order valence-corrected chi connectivity index (χ2v) is 4.35. The van der Waals surface area contributed by atoms with Crippen molar-refractivity contribution >= 4 is 29.4 Å². The predicted molar refractivity (Wildman–Crippen MR) is 70.6 cm³/mol.